The maximum atomic E-state index is 12.6. The fourth-order valence-electron chi connectivity index (χ4n) is 4.98. The van der Waals surface area contributed by atoms with Crippen LogP contribution in [0.15, 0.2) is 66.7 Å². The van der Waals surface area contributed by atoms with Crippen LogP contribution in [0.25, 0.3) is 11.1 Å². The molecule has 0 aliphatic carbocycles. The maximum absolute atomic E-state index is 12.6. The molecule has 0 bridgehead atoms. The molecule has 38 heavy (non-hydrogen) atoms. The van der Waals surface area contributed by atoms with Gasteiger partial charge < -0.3 is 25.8 Å². The van der Waals surface area contributed by atoms with Crippen molar-refractivity contribution in [2.45, 2.75) is 39.3 Å². The summed E-state index contributed by atoms with van der Waals surface area (Å²) in [4.78, 5) is 39.9. The molecular formula is C30H35N5O3. The van der Waals surface area contributed by atoms with Gasteiger partial charge in [-0.1, -0.05) is 18.2 Å². The van der Waals surface area contributed by atoms with E-state index in [1.54, 1.807) is 6.92 Å². The standard InChI is InChI=1S/C30H35N5O3/c1-19-15-28(32-24-10-12-25(13-11-24)33-30(38)18-34(4)5)27-17-23(9-14-29(27)35(19)21(3)37)22-7-6-8-26(16-22)31-20(2)36/h6-14,16-17,19,28,32H,15,18H2,1-5H3,(H,31,36)(H,33,38)/t19-,28+/m0/s1. The average molecular weight is 514 g/mol. The Kier molecular flexibility index (Phi) is 8.12. The van der Waals surface area contributed by atoms with E-state index in [0.29, 0.717) is 6.54 Å². The number of carbonyl (C=O) groups excluding carboxylic acids is 3. The van der Waals surface area contributed by atoms with E-state index in [1.165, 1.54) is 6.92 Å². The van der Waals surface area contributed by atoms with E-state index in [0.717, 1.165) is 45.9 Å². The van der Waals surface area contributed by atoms with E-state index < -0.39 is 0 Å². The summed E-state index contributed by atoms with van der Waals surface area (Å²) in [7, 11) is 3.71. The van der Waals surface area contributed by atoms with Gasteiger partial charge >= 0.3 is 0 Å². The summed E-state index contributed by atoms with van der Waals surface area (Å²) in [5.74, 6) is -0.174. The van der Waals surface area contributed by atoms with E-state index in [2.05, 4.69) is 28.9 Å². The Bertz CT molecular complexity index is 1340. The predicted molar refractivity (Wildman–Crippen MR) is 153 cm³/mol. The van der Waals surface area contributed by atoms with Crippen LogP contribution in [0.4, 0.5) is 22.7 Å². The van der Waals surface area contributed by atoms with Crippen molar-refractivity contribution < 1.29 is 14.4 Å². The van der Waals surface area contributed by atoms with Crippen LogP contribution in [0.1, 0.15) is 38.8 Å². The lowest BCUT2D eigenvalue weighted by atomic mass is 9.88. The van der Waals surface area contributed by atoms with Gasteiger partial charge in [-0.25, -0.2) is 0 Å². The number of hydrogen-bond donors (Lipinski definition) is 3. The first-order chi connectivity index (χ1) is 18.1. The molecule has 0 spiro atoms. The zero-order valence-electron chi connectivity index (χ0n) is 22.5. The van der Waals surface area contributed by atoms with Crippen molar-refractivity contribution in [2.24, 2.45) is 0 Å². The Labute approximate surface area is 224 Å². The fraction of sp³-hybridized carbons (Fsp3) is 0.300. The van der Waals surface area contributed by atoms with Crippen LogP contribution in [0.3, 0.4) is 0 Å². The number of rotatable bonds is 7. The first-order valence-electron chi connectivity index (χ1n) is 12.7. The molecule has 3 amide bonds. The molecule has 1 aliphatic rings. The van der Waals surface area contributed by atoms with Crippen molar-refractivity contribution in [3.8, 4) is 11.1 Å². The number of amides is 3. The van der Waals surface area contributed by atoms with Gasteiger partial charge in [-0.3, -0.25) is 14.4 Å². The molecule has 8 nitrogen and oxygen atoms in total. The summed E-state index contributed by atoms with van der Waals surface area (Å²) in [5.41, 5.74) is 6.30. The number of fused-ring (bicyclic) bond motifs is 1. The summed E-state index contributed by atoms with van der Waals surface area (Å²) in [6.07, 6.45) is 0.739. The number of hydrogen-bond acceptors (Lipinski definition) is 5. The Morgan fingerprint density at radius 1 is 0.868 bits per heavy atom. The molecule has 0 saturated heterocycles. The van der Waals surface area contributed by atoms with Gasteiger partial charge in [0.2, 0.25) is 17.7 Å². The molecule has 2 atom stereocenters. The third-order valence-electron chi connectivity index (χ3n) is 6.50. The quantitative estimate of drug-likeness (QED) is 0.408. The molecular weight excluding hydrogens is 478 g/mol. The number of nitrogens with zero attached hydrogens (tertiary/aromatic N) is 2. The van der Waals surface area contributed by atoms with E-state index in [1.807, 2.05) is 84.6 Å². The molecule has 0 aromatic heterocycles. The lowest BCUT2D eigenvalue weighted by molar-refractivity contribution is -0.117. The fourth-order valence-corrected chi connectivity index (χ4v) is 4.98. The normalized spacial score (nSPS) is 16.5. The number of benzene rings is 3. The highest BCUT2D eigenvalue weighted by atomic mass is 16.2. The zero-order chi connectivity index (χ0) is 27.4. The minimum atomic E-state index is -0.119. The minimum Gasteiger partial charge on any atom is -0.378 e. The van der Waals surface area contributed by atoms with Crippen molar-refractivity contribution in [3.63, 3.8) is 0 Å². The van der Waals surface area contributed by atoms with Crippen LogP contribution in [0.5, 0.6) is 0 Å². The molecule has 3 N–H and O–H groups in total. The van der Waals surface area contributed by atoms with E-state index in [4.69, 9.17) is 0 Å². The highest BCUT2D eigenvalue weighted by Crippen LogP contribution is 2.41. The molecule has 198 valence electrons. The smallest absolute Gasteiger partial charge is 0.238 e. The highest BCUT2D eigenvalue weighted by Gasteiger charge is 2.32. The topological polar surface area (TPSA) is 93.8 Å². The van der Waals surface area contributed by atoms with Gasteiger partial charge in [0.25, 0.3) is 0 Å². The molecule has 0 radical (unpaired) electrons. The van der Waals surface area contributed by atoms with Crippen molar-refractivity contribution >= 4 is 40.5 Å². The Balaban J connectivity index is 1.63. The van der Waals surface area contributed by atoms with Gasteiger partial charge in [0.15, 0.2) is 0 Å². The van der Waals surface area contributed by atoms with Gasteiger partial charge in [-0.05, 0) is 92.7 Å². The lowest BCUT2D eigenvalue weighted by Gasteiger charge is -2.39. The number of carbonyl (C=O) groups is 3. The van der Waals surface area contributed by atoms with Crippen LogP contribution in [-0.2, 0) is 14.4 Å². The van der Waals surface area contributed by atoms with Crippen molar-refractivity contribution in [1.29, 1.82) is 0 Å². The zero-order valence-corrected chi connectivity index (χ0v) is 22.5. The molecule has 8 heteroatoms. The van der Waals surface area contributed by atoms with Crippen LogP contribution in [0, 0.1) is 0 Å². The van der Waals surface area contributed by atoms with Crippen LogP contribution in [-0.4, -0.2) is 49.3 Å². The number of likely N-dealkylation sites (N-methyl/N-ethyl adjacent to an activating group) is 1. The second-order valence-electron chi connectivity index (χ2n) is 10.1. The van der Waals surface area contributed by atoms with Gasteiger partial charge in [0, 0.05) is 42.6 Å². The number of anilines is 4. The van der Waals surface area contributed by atoms with Crippen LogP contribution in [0.2, 0.25) is 0 Å². The Morgan fingerprint density at radius 3 is 2.21 bits per heavy atom. The van der Waals surface area contributed by atoms with E-state index >= 15 is 0 Å². The SMILES string of the molecule is CC(=O)Nc1cccc(-c2ccc3c(c2)[C@H](Nc2ccc(NC(=O)CN(C)C)cc2)C[C@H](C)N3C(C)=O)c1. The summed E-state index contributed by atoms with van der Waals surface area (Å²) in [6.45, 7) is 5.47. The second kappa shape index (κ2) is 11.5. The maximum Gasteiger partial charge on any atom is 0.238 e. The van der Waals surface area contributed by atoms with Gasteiger partial charge in [0.1, 0.15) is 0 Å². The minimum absolute atomic E-state index is 0.00965. The Hall–Kier alpha value is -4.17. The molecule has 3 aromatic rings. The van der Waals surface area contributed by atoms with Crippen molar-refractivity contribution in [1.82, 2.24) is 4.90 Å². The summed E-state index contributed by atoms with van der Waals surface area (Å²) in [5, 5.41) is 9.39. The van der Waals surface area contributed by atoms with Gasteiger partial charge in [-0.15, -0.1) is 0 Å². The van der Waals surface area contributed by atoms with Gasteiger partial charge in [-0.2, -0.15) is 0 Å². The predicted octanol–water partition coefficient (Wildman–Crippen LogP) is 5.11. The number of nitrogens with one attached hydrogen (secondary N) is 3. The van der Waals surface area contributed by atoms with Gasteiger partial charge in [0.05, 0.1) is 12.6 Å². The average Bonchev–Trinajstić information content (AvgIpc) is 2.84. The first-order valence-corrected chi connectivity index (χ1v) is 12.7. The van der Waals surface area contributed by atoms with Crippen LogP contribution < -0.4 is 20.9 Å². The molecule has 0 saturated carbocycles. The van der Waals surface area contributed by atoms with E-state index in [9.17, 15) is 14.4 Å². The molecule has 1 aliphatic heterocycles. The van der Waals surface area contributed by atoms with E-state index in [-0.39, 0.29) is 29.8 Å². The molecule has 0 unspecified atom stereocenters. The lowest BCUT2D eigenvalue weighted by Crippen LogP contribution is -2.43. The summed E-state index contributed by atoms with van der Waals surface area (Å²) in [6, 6.07) is 21.5. The summed E-state index contributed by atoms with van der Waals surface area (Å²) >= 11 is 0. The van der Waals surface area contributed by atoms with Crippen molar-refractivity contribution in [2.75, 3.05) is 41.5 Å². The third kappa shape index (κ3) is 6.39. The molecule has 0 fully saturated rings. The Morgan fingerprint density at radius 2 is 1.55 bits per heavy atom. The highest BCUT2D eigenvalue weighted by molar-refractivity contribution is 5.95. The van der Waals surface area contributed by atoms with Crippen molar-refractivity contribution in [3.05, 3.63) is 72.3 Å². The largest absolute Gasteiger partial charge is 0.378 e. The first kappa shape index (κ1) is 26.9. The molecule has 4 rings (SSSR count). The third-order valence-corrected chi connectivity index (χ3v) is 6.50. The second-order valence-corrected chi connectivity index (χ2v) is 10.1. The monoisotopic (exact) mass is 513 g/mol. The molecule has 1 heterocycles. The van der Waals surface area contributed by atoms with Crippen LogP contribution >= 0.6 is 0 Å². The summed E-state index contributed by atoms with van der Waals surface area (Å²) < 4.78 is 0. The molecule has 3 aromatic carbocycles.